The number of amides is 3. The van der Waals surface area contributed by atoms with Crippen LogP contribution in [0, 0.1) is 5.92 Å². The molecule has 2 atom stereocenters. The minimum absolute atomic E-state index is 0.105. The van der Waals surface area contributed by atoms with E-state index in [0.29, 0.717) is 23.9 Å². The number of nitrogens with zero attached hydrogens (tertiary/aromatic N) is 2. The van der Waals surface area contributed by atoms with Crippen LogP contribution in [-0.2, 0) is 4.79 Å². The number of imide groups is 1. The van der Waals surface area contributed by atoms with E-state index in [0.717, 1.165) is 12.8 Å². The van der Waals surface area contributed by atoms with Crippen molar-refractivity contribution in [2.24, 2.45) is 5.92 Å². The molecule has 1 aromatic carbocycles. The molecule has 3 rings (SSSR count). The lowest BCUT2D eigenvalue weighted by atomic mass is 9.93. The Bertz CT molecular complexity index is 541. The molecule has 2 aliphatic rings. The van der Waals surface area contributed by atoms with Gasteiger partial charge in [-0.1, -0.05) is 6.92 Å². The second-order valence-corrected chi connectivity index (χ2v) is 5.49. The highest BCUT2D eigenvalue weighted by Gasteiger charge is 2.47. The monoisotopic (exact) mass is 274 g/mol. The summed E-state index contributed by atoms with van der Waals surface area (Å²) in [6, 6.07) is 6.53. The number of hydrogen-bond donors (Lipinski definition) is 0. The van der Waals surface area contributed by atoms with Gasteiger partial charge in [-0.05, 0) is 43.0 Å². The molecule has 2 heterocycles. The quantitative estimate of drug-likeness (QED) is 0.777. The highest BCUT2D eigenvalue weighted by Crippen LogP contribution is 2.33. The fraction of sp³-hybridized carbons (Fsp3) is 0.467. The summed E-state index contributed by atoms with van der Waals surface area (Å²) in [5.74, 6) is 1.09. The molecule has 2 aliphatic heterocycles. The topological polar surface area (TPSA) is 49.9 Å². The van der Waals surface area contributed by atoms with Crippen molar-refractivity contribution in [3.05, 3.63) is 24.3 Å². The van der Waals surface area contributed by atoms with Gasteiger partial charge >= 0.3 is 6.03 Å². The van der Waals surface area contributed by atoms with Crippen molar-refractivity contribution in [1.82, 2.24) is 4.90 Å². The standard InChI is InChI=1S/C15H18N2O3/c1-10-7-8-16-13(9-10)14(18)17(15(16)19)11-3-5-12(20-2)6-4-11/h3-6,10,13H,7-9H2,1-2H3. The maximum absolute atomic E-state index is 12.5. The van der Waals surface area contributed by atoms with Crippen molar-refractivity contribution in [2.75, 3.05) is 18.6 Å². The Labute approximate surface area is 118 Å². The largest absolute Gasteiger partial charge is 0.497 e. The van der Waals surface area contributed by atoms with Gasteiger partial charge in [0.05, 0.1) is 12.8 Å². The van der Waals surface area contributed by atoms with Gasteiger partial charge in [-0.15, -0.1) is 0 Å². The molecule has 2 unspecified atom stereocenters. The van der Waals surface area contributed by atoms with Crippen LogP contribution >= 0.6 is 0 Å². The lowest BCUT2D eigenvalue weighted by molar-refractivity contribution is -0.120. The van der Waals surface area contributed by atoms with E-state index in [-0.39, 0.29) is 18.0 Å². The number of urea groups is 1. The molecule has 0 aromatic heterocycles. The molecule has 0 spiro atoms. The summed E-state index contributed by atoms with van der Waals surface area (Å²) < 4.78 is 5.10. The summed E-state index contributed by atoms with van der Waals surface area (Å²) in [7, 11) is 1.59. The molecular formula is C15H18N2O3. The summed E-state index contributed by atoms with van der Waals surface area (Å²) in [6.07, 6.45) is 1.73. The summed E-state index contributed by atoms with van der Waals surface area (Å²) in [6.45, 7) is 2.80. The van der Waals surface area contributed by atoms with Crippen molar-refractivity contribution < 1.29 is 14.3 Å². The summed E-state index contributed by atoms with van der Waals surface area (Å²) in [4.78, 5) is 27.9. The Hall–Kier alpha value is -2.04. The van der Waals surface area contributed by atoms with Crippen LogP contribution in [0.2, 0.25) is 0 Å². The van der Waals surface area contributed by atoms with E-state index >= 15 is 0 Å². The van der Waals surface area contributed by atoms with Crippen LogP contribution in [0.1, 0.15) is 19.8 Å². The van der Waals surface area contributed by atoms with Crippen LogP contribution in [0.3, 0.4) is 0 Å². The lowest BCUT2D eigenvalue weighted by Crippen LogP contribution is -2.41. The Morgan fingerprint density at radius 2 is 1.90 bits per heavy atom. The van der Waals surface area contributed by atoms with E-state index in [4.69, 9.17) is 4.74 Å². The minimum Gasteiger partial charge on any atom is -0.497 e. The van der Waals surface area contributed by atoms with Gasteiger partial charge in [0, 0.05) is 6.54 Å². The first-order valence-electron chi connectivity index (χ1n) is 6.90. The molecule has 0 radical (unpaired) electrons. The number of carbonyl (C=O) groups is 2. The predicted molar refractivity (Wildman–Crippen MR) is 74.8 cm³/mol. The summed E-state index contributed by atoms with van der Waals surface area (Å²) >= 11 is 0. The fourth-order valence-electron chi connectivity index (χ4n) is 2.95. The highest BCUT2D eigenvalue weighted by molar-refractivity contribution is 6.21. The Morgan fingerprint density at radius 1 is 1.20 bits per heavy atom. The van der Waals surface area contributed by atoms with Crippen molar-refractivity contribution in [3.8, 4) is 5.75 Å². The van der Waals surface area contributed by atoms with E-state index in [2.05, 4.69) is 6.92 Å². The molecular weight excluding hydrogens is 256 g/mol. The van der Waals surface area contributed by atoms with Gasteiger partial charge in [0.1, 0.15) is 11.8 Å². The van der Waals surface area contributed by atoms with Crippen molar-refractivity contribution in [2.45, 2.75) is 25.8 Å². The normalized spacial score (nSPS) is 25.9. The maximum atomic E-state index is 12.5. The van der Waals surface area contributed by atoms with Gasteiger partial charge in [0.15, 0.2) is 0 Å². The number of fused-ring (bicyclic) bond motifs is 1. The second kappa shape index (κ2) is 4.81. The number of hydrogen-bond acceptors (Lipinski definition) is 3. The van der Waals surface area contributed by atoms with E-state index in [1.807, 2.05) is 0 Å². The number of ether oxygens (including phenoxy) is 1. The van der Waals surface area contributed by atoms with Gasteiger partial charge in [0.25, 0.3) is 5.91 Å². The van der Waals surface area contributed by atoms with Crippen molar-refractivity contribution in [1.29, 1.82) is 0 Å². The van der Waals surface area contributed by atoms with Gasteiger partial charge < -0.3 is 9.64 Å². The summed E-state index contributed by atoms with van der Waals surface area (Å²) in [5, 5.41) is 0. The van der Waals surface area contributed by atoms with Gasteiger partial charge in [0.2, 0.25) is 0 Å². The molecule has 1 aromatic rings. The molecule has 0 aliphatic carbocycles. The highest BCUT2D eigenvalue weighted by atomic mass is 16.5. The number of methoxy groups -OCH3 is 1. The van der Waals surface area contributed by atoms with Gasteiger partial charge in [-0.3, -0.25) is 4.79 Å². The van der Waals surface area contributed by atoms with E-state index < -0.39 is 0 Å². The average molecular weight is 274 g/mol. The molecule has 106 valence electrons. The van der Waals surface area contributed by atoms with E-state index in [1.165, 1.54) is 4.90 Å². The summed E-state index contributed by atoms with van der Waals surface area (Å²) in [5.41, 5.74) is 0.614. The zero-order valence-corrected chi connectivity index (χ0v) is 11.7. The molecule has 3 amide bonds. The first-order valence-corrected chi connectivity index (χ1v) is 6.90. The third-order valence-electron chi connectivity index (χ3n) is 4.14. The molecule has 2 saturated heterocycles. The third kappa shape index (κ3) is 1.94. The third-order valence-corrected chi connectivity index (χ3v) is 4.14. The molecule has 0 N–H and O–H groups in total. The van der Waals surface area contributed by atoms with E-state index in [9.17, 15) is 9.59 Å². The number of carbonyl (C=O) groups excluding carboxylic acids is 2. The van der Waals surface area contributed by atoms with Crippen LogP contribution in [0.25, 0.3) is 0 Å². The van der Waals surface area contributed by atoms with E-state index in [1.54, 1.807) is 36.3 Å². The second-order valence-electron chi connectivity index (χ2n) is 5.49. The Morgan fingerprint density at radius 3 is 2.55 bits per heavy atom. The predicted octanol–water partition coefficient (Wildman–Crippen LogP) is 2.26. The van der Waals surface area contributed by atoms with Crippen LogP contribution in [-0.4, -0.2) is 36.5 Å². The SMILES string of the molecule is COc1ccc(N2C(=O)C3CC(C)CCN3C2=O)cc1. The first-order chi connectivity index (χ1) is 9.61. The fourth-order valence-corrected chi connectivity index (χ4v) is 2.95. The zero-order chi connectivity index (χ0) is 14.3. The smallest absolute Gasteiger partial charge is 0.332 e. The number of anilines is 1. The van der Waals surface area contributed by atoms with Crippen LogP contribution < -0.4 is 9.64 Å². The molecule has 5 nitrogen and oxygen atoms in total. The maximum Gasteiger partial charge on any atom is 0.332 e. The van der Waals surface area contributed by atoms with Crippen molar-refractivity contribution in [3.63, 3.8) is 0 Å². The molecule has 0 bridgehead atoms. The van der Waals surface area contributed by atoms with Crippen LogP contribution in [0.4, 0.5) is 10.5 Å². The Kier molecular flexibility index (Phi) is 3.12. The zero-order valence-electron chi connectivity index (χ0n) is 11.7. The molecule has 0 saturated carbocycles. The molecule has 20 heavy (non-hydrogen) atoms. The van der Waals surface area contributed by atoms with Gasteiger partial charge in [-0.2, -0.15) is 0 Å². The average Bonchev–Trinajstić information content (AvgIpc) is 2.71. The number of piperidine rings is 1. The Balaban J connectivity index is 1.89. The lowest BCUT2D eigenvalue weighted by Gasteiger charge is -2.30. The number of benzene rings is 1. The first kappa shape index (κ1) is 13.0. The minimum atomic E-state index is -0.284. The van der Waals surface area contributed by atoms with Crippen LogP contribution in [0.15, 0.2) is 24.3 Å². The van der Waals surface area contributed by atoms with Crippen LogP contribution in [0.5, 0.6) is 5.75 Å². The van der Waals surface area contributed by atoms with Crippen molar-refractivity contribution >= 4 is 17.6 Å². The number of rotatable bonds is 2. The molecule has 2 fully saturated rings. The molecule has 5 heteroatoms. The van der Waals surface area contributed by atoms with Gasteiger partial charge in [-0.25, -0.2) is 9.69 Å².